The Labute approximate surface area is 122 Å². The zero-order valence-corrected chi connectivity index (χ0v) is 11.8. The molecule has 0 atom stereocenters. The minimum atomic E-state index is 0.0925. The molecule has 106 valence electrons. The lowest BCUT2D eigenvalue weighted by molar-refractivity contribution is 0.206. The van der Waals surface area contributed by atoms with Crippen LogP contribution in [0.1, 0.15) is 6.92 Å². The first kappa shape index (κ1) is 14.3. The van der Waals surface area contributed by atoms with Crippen molar-refractivity contribution in [3.8, 4) is 11.8 Å². The molecular weight excluding hydrogens is 280 g/mol. The molecule has 1 heterocycles. The summed E-state index contributed by atoms with van der Waals surface area (Å²) in [7, 11) is 0. The van der Waals surface area contributed by atoms with Crippen molar-refractivity contribution in [3.05, 3.63) is 35.6 Å². The van der Waals surface area contributed by atoms with Crippen LogP contribution in [0, 0.1) is 0 Å². The van der Waals surface area contributed by atoms with Crippen LogP contribution in [0.5, 0.6) is 11.8 Å². The first-order chi connectivity index (χ1) is 9.78. The lowest BCUT2D eigenvalue weighted by Gasteiger charge is -2.08. The van der Waals surface area contributed by atoms with Crippen LogP contribution in [0.2, 0.25) is 5.28 Å². The number of halogens is 1. The van der Waals surface area contributed by atoms with E-state index in [-0.39, 0.29) is 11.3 Å². The second-order valence-corrected chi connectivity index (χ2v) is 4.09. The zero-order chi connectivity index (χ0) is 14.2. The maximum absolute atomic E-state index is 5.78. The average molecular weight is 295 g/mol. The Morgan fingerprint density at radius 1 is 1.05 bits per heavy atom. The van der Waals surface area contributed by atoms with E-state index in [0.29, 0.717) is 25.7 Å². The van der Waals surface area contributed by atoms with Crippen molar-refractivity contribution in [3.63, 3.8) is 0 Å². The van der Waals surface area contributed by atoms with Crippen LogP contribution in [-0.2, 0) is 0 Å². The van der Waals surface area contributed by atoms with E-state index in [4.69, 9.17) is 21.1 Å². The Kier molecular flexibility index (Phi) is 5.37. The number of hydrogen-bond donors (Lipinski definition) is 1. The van der Waals surface area contributed by atoms with Gasteiger partial charge in [-0.25, -0.2) is 0 Å². The number of nitrogens with zero attached hydrogens (tertiary/aromatic N) is 3. The number of nitrogens with one attached hydrogen (secondary N) is 1. The van der Waals surface area contributed by atoms with Crippen molar-refractivity contribution in [2.75, 3.05) is 25.1 Å². The van der Waals surface area contributed by atoms with Gasteiger partial charge in [0.15, 0.2) is 0 Å². The van der Waals surface area contributed by atoms with Gasteiger partial charge in [-0.15, -0.1) is 0 Å². The summed E-state index contributed by atoms with van der Waals surface area (Å²) in [4.78, 5) is 11.9. The van der Waals surface area contributed by atoms with Gasteiger partial charge in [0.25, 0.3) is 0 Å². The normalized spacial score (nSPS) is 10.1. The van der Waals surface area contributed by atoms with Gasteiger partial charge in [0.2, 0.25) is 11.2 Å². The van der Waals surface area contributed by atoms with E-state index in [9.17, 15) is 0 Å². The molecule has 0 amide bonds. The lowest BCUT2D eigenvalue weighted by Crippen LogP contribution is -2.12. The van der Waals surface area contributed by atoms with Gasteiger partial charge in [-0.3, -0.25) is 0 Å². The molecule has 6 nitrogen and oxygen atoms in total. The molecule has 1 aromatic carbocycles. The molecule has 0 bridgehead atoms. The molecule has 7 heteroatoms. The third-order valence-corrected chi connectivity index (χ3v) is 2.42. The molecule has 1 aromatic heterocycles. The summed E-state index contributed by atoms with van der Waals surface area (Å²) in [5.41, 5.74) is 0. The van der Waals surface area contributed by atoms with E-state index in [2.05, 4.69) is 20.3 Å². The number of hydrogen-bond acceptors (Lipinski definition) is 6. The smallest absolute Gasteiger partial charge is 0.322 e. The highest BCUT2D eigenvalue weighted by atomic mass is 35.5. The standard InChI is InChI=1S/C13H15ClN4O2/c1-2-15-12-16-11(14)17-13(18-12)20-9-8-19-10-6-4-3-5-7-10/h3-7H,2,8-9H2,1H3,(H,15,16,17,18). The molecule has 0 saturated heterocycles. The minimum absolute atomic E-state index is 0.0925. The van der Waals surface area contributed by atoms with Crippen LogP contribution in [-0.4, -0.2) is 34.7 Å². The van der Waals surface area contributed by atoms with E-state index in [1.54, 1.807) is 0 Å². The van der Waals surface area contributed by atoms with Crippen molar-refractivity contribution in [1.82, 2.24) is 15.0 Å². The number of ether oxygens (including phenoxy) is 2. The molecule has 2 aromatic rings. The van der Waals surface area contributed by atoms with E-state index in [1.165, 1.54) is 0 Å². The topological polar surface area (TPSA) is 69.2 Å². The molecule has 0 aliphatic carbocycles. The third-order valence-electron chi connectivity index (χ3n) is 2.25. The van der Waals surface area contributed by atoms with Gasteiger partial charge in [-0.05, 0) is 30.7 Å². The van der Waals surface area contributed by atoms with Gasteiger partial charge in [0.05, 0.1) is 0 Å². The van der Waals surface area contributed by atoms with Gasteiger partial charge in [-0.1, -0.05) is 18.2 Å². The Hall–Kier alpha value is -2.08. The largest absolute Gasteiger partial charge is 0.490 e. The molecule has 0 saturated carbocycles. The quantitative estimate of drug-likeness (QED) is 0.791. The molecule has 1 N–H and O–H groups in total. The lowest BCUT2D eigenvalue weighted by atomic mass is 10.3. The Bertz CT molecular complexity index is 539. The summed E-state index contributed by atoms with van der Waals surface area (Å²) in [6, 6.07) is 9.68. The number of anilines is 1. The third kappa shape index (κ3) is 4.55. The second-order valence-electron chi connectivity index (χ2n) is 3.75. The summed E-state index contributed by atoms with van der Waals surface area (Å²) < 4.78 is 10.9. The van der Waals surface area contributed by atoms with Crippen molar-refractivity contribution >= 4 is 17.5 Å². The summed E-state index contributed by atoms with van der Waals surface area (Å²) in [5.74, 6) is 1.18. The van der Waals surface area contributed by atoms with E-state index in [1.807, 2.05) is 37.3 Å². The predicted molar refractivity (Wildman–Crippen MR) is 76.4 cm³/mol. The maximum Gasteiger partial charge on any atom is 0.322 e. The maximum atomic E-state index is 5.78. The monoisotopic (exact) mass is 294 g/mol. The van der Waals surface area contributed by atoms with Gasteiger partial charge in [0, 0.05) is 6.54 Å². The molecule has 0 aliphatic rings. The van der Waals surface area contributed by atoms with Crippen molar-refractivity contribution in [2.45, 2.75) is 6.92 Å². The molecule has 0 aliphatic heterocycles. The molecule has 0 fully saturated rings. The number of benzene rings is 1. The van der Waals surface area contributed by atoms with E-state index >= 15 is 0 Å². The highest BCUT2D eigenvalue weighted by Crippen LogP contribution is 2.11. The fourth-order valence-corrected chi connectivity index (χ4v) is 1.60. The van der Waals surface area contributed by atoms with Gasteiger partial charge in [-0.2, -0.15) is 15.0 Å². The highest BCUT2D eigenvalue weighted by Gasteiger charge is 2.05. The Balaban J connectivity index is 1.81. The fraction of sp³-hybridized carbons (Fsp3) is 0.308. The number of aromatic nitrogens is 3. The van der Waals surface area contributed by atoms with Gasteiger partial charge < -0.3 is 14.8 Å². The predicted octanol–water partition coefficient (Wildman–Crippen LogP) is 2.41. The first-order valence-corrected chi connectivity index (χ1v) is 6.62. The molecular formula is C13H15ClN4O2. The van der Waals surface area contributed by atoms with Crippen LogP contribution in [0.3, 0.4) is 0 Å². The summed E-state index contributed by atoms with van der Waals surface area (Å²) in [5, 5.41) is 3.04. The van der Waals surface area contributed by atoms with Crippen LogP contribution in [0.15, 0.2) is 30.3 Å². The van der Waals surface area contributed by atoms with Crippen molar-refractivity contribution in [2.24, 2.45) is 0 Å². The SMILES string of the molecule is CCNc1nc(Cl)nc(OCCOc2ccccc2)n1. The van der Waals surface area contributed by atoms with Crippen molar-refractivity contribution < 1.29 is 9.47 Å². The van der Waals surface area contributed by atoms with Crippen LogP contribution in [0.4, 0.5) is 5.95 Å². The summed E-state index contributed by atoms with van der Waals surface area (Å²) in [6.45, 7) is 3.34. The Morgan fingerprint density at radius 3 is 2.55 bits per heavy atom. The molecule has 0 spiro atoms. The van der Waals surface area contributed by atoms with Gasteiger partial charge in [0.1, 0.15) is 19.0 Å². The molecule has 0 radical (unpaired) electrons. The van der Waals surface area contributed by atoms with Crippen LogP contribution >= 0.6 is 11.6 Å². The fourth-order valence-electron chi connectivity index (χ4n) is 1.44. The van der Waals surface area contributed by atoms with Crippen molar-refractivity contribution in [1.29, 1.82) is 0 Å². The van der Waals surface area contributed by atoms with Gasteiger partial charge >= 0.3 is 6.01 Å². The number of rotatable bonds is 7. The van der Waals surface area contributed by atoms with Crippen LogP contribution in [0.25, 0.3) is 0 Å². The Morgan fingerprint density at radius 2 is 1.80 bits per heavy atom. The minimum Gasteiger partial charge on any atom is -0.490 e. The summed E-state index contributed by atoms with van der Waals surface area (Å²) in [6.07, 6.45) is 0. The molecule has 20 heavy (non-hydrogen) atoms. The van der Waals surface area contributed by atoms with Crippen LogP contribution < -0.4 is 14.8 Å². The van der Waals surface area contributed by atoms with E-state index < -0.39 is 0 Å². The molecule has 2 rings (SSSR count). The second kappa shape index (κ2) is 7.49. The highest BCUT2D eigenvalue weighted by molar-refractivity contribution is 6.28. The molecule has 0 unspecified atom stereocenters. The average Bonchev–Trinajstić information content (AvgIpc) is 2.45. The number of para-hydroxylation sites is 1. The zero-order valence-electron chi connectivity index (χ0n) is 11.0. The van der Waals surface area contributed by atoms with E-state index in [0.717, 1.165) is 5.75 Å². The summed E-state index contributed by atoms with van der Waals surface area (Å²) >= 11 is 5.78. The first-order valence-electron chi connectivity index (χ1n) is 6.24.